The summed E-state index contributed by atoms with van der Waals surface area (Å²) in [7, 11) is 0. The van der Waals surface area contributed by atoms with Crippen molar-refractivity contribution in [3.8, 4) is 11.4 Å². The van der Waals surface area contributed by atoms with Gasteiger partial charge in [-0.2, -0.15) is 4.37 Å². The lowest BCUT2D eigenvalue weighted by Gasteiger charge is -2.12. The first-order valence-corrected chi connectivity index (χ1v) is 9.45. The SMILES string of the molecule is CC(C)C(=O)Nc1c(-c2ccccn2)nsc1C(=O)NC[C@@H]1CCCO1. The molecule has 1 saturated heterocycles. The summed E-state index contributed by atoms with van der Waals surface area (Å²) in [5, 5.41) is 5.73. The number of rotatable bonds is 6. The number of hydrogen-bond donors (Lipinski definition) is 2. The highest BCUT2D eigenvalue weighted by molar-refractivity contribution is 7.09. The van der Waals surface area contributed by atoms with Gasteiger partial charge in [0, 0.05) is 25.3 Å². The van der Waals surface area contributed by atoms with Crippen molar-refractivity contribution >= 4 is 29.0 Å². The van der Waals surface area contributed by atoms with E-state index >= 15 is 0 Å². The highest BCUT2D eigenvalue weighted by Gasteiger charge is 2.25. The summed E-state index contributed by atoms with van der Waals surface area (Å²) < 4.78 is 9.91. The molecule has 2 N–H and O–H groups in total. The summed E-state index contributed by atoms with van der Waals surface area (Å²) in [6.07, 6.45) is 3.66. The number of pyridine rings is 1. The first-order valence-electron chi connectivity index (χ1n) is 8.68. The van der Waals surface area contributed by atoms with Gasteiger partial charge in [-0.1, -0.05) is 19.9 Å². The van der Waals surface area contributed by atoms with E-state index in [-0.39, 0.29) is 23.8 Å². The lowest BCUT2D eigenvalue weighted by Crippen LogP contribution is -2.32. The number of carbonyl (C=O) groups excluding carboxylic acids is 2. The molecule has 26 heavy (non-hydrogen) atoms. The Balaban J connectivity index is 1.84. The number of amides is 2. The van der Waals surface area contributed by atoms with Gasteiger partial charge < -0.3 is 15.4 Å². The van der Waals surface area contributed by atoms with Crippen LogP contribution in [0.2, 0.25) is 0 Å². The van der Waals surface area contributed by atoms with Crippen LogP contribution >= 0.6 is 11.5 Å². The largest absolute Gasteiger partial charge is 0.376 e. The summed E-state index contributed by atoms with van der Waals surface area (Å²) in [5.74, 6) is -0.649. The molecule has 2 aromatic heterocycles. The zero-order valence-corrected chi connectivity index (χ0v) is 15.6. The molecule has 1 aliphatic heterocycles. The van der Waals surface area contributed by atoms with Gasteiger partial charge >= 0.3 is 0 Å². The third kappa shape index (κ3) is 4.25. The van der Waals surface area contributed by atoms with Gasteiger partial charge in [0.25, 0.3) is 5.91 Å². The minimum Gasteiger partial charge on any atom is -0.376 e. The zero-order valence-electron chi connectivity index (χ0n) is 14.8. The Morgan fingerprint density at radius 1 is 1.38 bits per heavy atom. The fourth-order valence-corrected chi connectivity index (χ4v) is 3.36. The van der Waals surface area contributed by atoms with Crippen molar-refractivity contribution in [3.05, 3.63) is 29.3 Å². The molecule has 7 nitrogen and oxygen atoms in total. The molecule has 0 unspecified atom stereocenters. The van der Waals surface area contributed by atoms with E-state index in [1.807, 2.05) is 6.07 Å². The molecule has 138 valence electrons. The van der Waals surface area contributed by atoms with Crippen LogP contribution in [0.25, 0.3) is 11.4 Å². The molecular formula is C18H22N4O3S. The van der Waals surface area contributed by atoms with Crippen LogP contribution in [0.5, 0.6) is 0 Å². The van der Waals surface area contributed by atoms with Crippen LogP contribution in [0.15, 0.2) is 24.4 Å². The van der Waals surface area contributed by atoms with Gasteiger partial charge in [-0.3, -0.25) is 14.6 Å². The van der Waals surface area contributed by atoms with E-state index in [2.05, 4.69) is 20.0 Å². The average molecular weight is 374 g/mol. The number of carbonyl (C=O) groups is 2. The van der Waals surface area contributed by atoms with Crippen molar-refractivity contribution < 1.29 is 14.3 Å². The van der Waals surface area contributed by atoms with Gasteiger partial charge in [0.05, 0.1) is 17.5 Å². The summed E-state index contributed by atoms with van der Waals surface area (Å²) in [6, 6.07) is 5.44. The van der Waals surface area contributed by atoms with Crippen LogP contribution in [0, 0.1) is 5.92 Å². The highest BCUT2D eigenvalue weighted by atomic mass is 32.1. The number of ether oxygens (including phenoxy) is 1. The van der Waals surface area contributed by atoms with E-state index in [1.54, 1.807) is 32.2 Å². The van der Waals surface area contributed by atoms with Crippen LogP contribution in [0.4, 0.5) is 5.69 Å². The molecule has 1 fully saturated rings. The normalized spacial score (nSPS) is 16.7. The maximum absolute atomic E-state index is 12.7. The van der Waals surface area contributed by atoms with Gasteiger partial charge in [0.1, 0.15) is 10.6 Å². The predicted octanol–water partition coefficient (Wildman–Crippen LogP) is 2.71. The topological polar surface area (TPSA) is 93.2 Å². The Morgan fingerprint density at radius 3 is 2.88 bits per heavy atom. The van der Waals surface area contributed by atoms with Gasteiger partial charge in [-0.15, -0.1) is 0 Å². The monoisotopic (exact) mass is 374 g/mol. The number of anilines is 1. The molecule has 0 aliphatic carbocycles. The van der Waals surface area contributed by atoms with Crippen LogP contribution in [0.1, 0.15) is 36.4 Å². The summed E-state index contributed by atoms with van der Waals surface area (Å²) in [6.45, 7) is 4.79. The second kappa shape index (κ2) is 8.37. The van der Waals surface area contributed by atoms with Crippen LogP contribution < -0.4 is 10.6 Å². The quantitative estimate of drug-likeness (QED) is 0.811. The Hall–Kier alpha value is -2.32. The van der Waals surface area contributed by atoms with E-state index < -0.39 is 0 Å². The fraction of sp³-hybridized carbons (Fsp3) is 0.444. The van der Waals surface area contributed by atoms with E-state index in [1.165, 1.54) is 0 Å². The number of nitrogens with zero attached hydrogens (tertiary/aromatic N) is 2. The summed E-state index contributed by atoms with van der Waals surface area (Å²) >= 11 is 1.06. The number of nitrogens with one attached hydrogen (secondary N) is 2. The number of hydrogen-bond acceptors (Lipinski definition) is 6. The molecule has 1 aliphatic rings. The Morgan fingerprint density at radius 2 is 2.23 bits per heavy atom. The molecule has 3 rings (SSSR count). The number of aromatic nitrogens is 2. The van der Waals surface area contributed by atoms with E-state index in [0.717, 1.165) is 31.0 Å². The molecule has 1 atom stereocenters. The summed E-state index contributed by atoms with van der Waals surface area (Å²) in [4.78, 5) is 29.5. The highest BCUT2D eigenvalue weighted by Crippen LogP contribution is 2.32. The Labute approximate surface area is 156 Å². The molecule has 0 aromatic carbocycles. The van der Waals surface area contributed by atoms with E-state index in [0.29, 0.717) is 28.5 Å². The van der Waals surface area contributed by atoms with Gasteiger partial charge in [0.2, 0.25) is 5.91 Å². The van der Waals surface area contributed by atoms with E-state index in [4.69, 9.17) is 4.74 Å². The van der Waals surface area contributed by atoms with E-state index in [9.17, 15) is 9.59 Å². The van der Waals surface area contributed by atoms with Crippen molar-refractivity contribution in [3.63, 3.8) is 0 Å². The smallest absolute Gasteiger partial charge is 0.265 e. The molecule has 2 aromatic rings. The van der Waals surface area contributed by atoms with Gasteiger partial charge in [0.15, 0.2) is 0 Å². The molecule has 8 heteroatoms. The molecule has 0 spiro atoms. The minimum absolute atomic E-state index is 0.0517. The molecule has 0 bridgehead atoms. The van der Waals surface area contributed by atoms with Crippen molar-refractivity contribution in [2.75, 3.05) is 18.5 Å². The van der Waals surface area contributed by atoms with Crippen LogP contribution in [-0.2, 0) is 9.53 Å². The molecular weight excluding hydrogens is 352 g/mol. The maximum atomic E-state index is 12.7. The van der Waals surface area contributed by atoms with Crippen molar-refractivity contribution in [1.29, 1.82) is 0 Å². The first-order chi connectivity index (χ1) is 12.6. The maximum Gasteiger partial charge on any atom is 0.265 e. The Bertz CT molecular complexity index is 770. The third-order valence-electron chi connectivity index (χ3n) is 4.09. The van der Waals surface area contributed by atoms with Gasteiger partial charge in [-0.25, -0.2) is 0 Å². The van der Waals surface area contributed by atoms with Gasteiger partial charge in [-0.05, 0) is 36.5 Å². The van der Waals surface area contributed by atoms with Crippen molar-refractivity contribution in [2.45, 2.75) is 32.8 Å². The fourth-order valence-electron chi connectivity index (χ4n) is 2.60. The van der Waals surface area contributed by atoms with Crippen molar-refractivity contribution in [1.82, 2.24) is 14.7 Å². The second-order valence-electron chi connectivity index (χ2n) is 6.44. The third-order valence-corrected chi connectivity index (χ3v) is 4.94. The first kappa shape index (κ1) is 18.5. The Kier molecular flexibility index (Phi) is 5.95. The van der Waals surface area contributed by atoms with Crippen LogP contribution in [0.3, 0.4) is 0 Å². The van der Waals surface area contributed by atoms with Crippen molar-refractivity contribution in [2.24, 2.45) is 5.92 Å². The summed E-state index contributed by atoms with van der Waals surface area (Å²) in [5.41, 5.74) is 1.53. The predicted molar refractivity (Wildman–Crippen MR) is 100 cm³/mol. The molecule has 2 amide bonds. The second-order valence-corrected chi connectivity index (χ2v) is 7.21. The zero-order chi connectivity index (χ0) is 18.5. The lowest BCUT2D eigenvalue weighted by molar-refractivity contribution is -0.118. The molecule has 3 heterocycles. The van der Waals surface area contributed by atoms with Crippen LogP contribution in [-0.4, -0.2) is 40.4 Å². The molecule has 0 radical (unpaired) electrons. The molecule has 0 saturated carbocycles. The minimum atomic E-state index is -0.265. The standard InChI is InChI=1S/C18H22N4O3S/c1-11(2)17(23)21-15-14(13-7-3-4-8-19-13)22-26-16(15)18(24)20-10-12-6-5-9-25-12/h3-4,7-8,11-12H,5-6,9-10H2,1-2H3,(H,20,24)(H,21,23)/t12-/m0/s1. The average Bonchev–Trinajstić information content (AvgIpc) is 3.30. The lowest BCUT2D eigenvalue weighted by atomic mass is 10.1.